The number of carboxylic acid groups (broad SMARTS) is 1. The summed E-state index contributed by atoms with van der Waals surface area (Å²) in [6, 6.07) is 11.4. The fourth-order valence-corrected chi connectivity index (χ4v) is 4.78. The van der Waals surface area contributed by atoms with Gasteiger partial charge in [0.05, 0.1) is 25.2 Å². The molecule has 2 aromatic rings. The summed E-state index contributed by atoms with van der Waals surface area (Å²) < 4.78 is 51.1. The van der Waals surface area contributed by atoms with Gasteiger partial charge in [0.2, 0.25) is 0 Å². The van der Waals surface area contributed by atoms with Gasteiger partial charge in [0, 0.05) is 23.6 Å². The van der Waals surface area contributed by atoms with E-state index in [1.54, 1.807) is 6.07 Å². The number of carboxylic acids is 1. The van der Waals surface area contributed by atoms with Crippen LogP contribution in [0.5, 0.6) is 11.5 Å². The van der Waals surface area contributed by atoms with Crippen molar-refractivity contribution in [2.45, 2.75) is 43.7 Å². The first-order valence-electron chi connectivity index (χ1n) is 11.3. The highest BCUT2D eigenvalue weighted by Gasteiger charge is 2.43. The second kappa shape index (κ2) is 10.9. The summed E-state index contributed by atoms with van der Waals surface area (Å²) in [4.78, 5) is 13.0. The number of fused-ring (bicyclic) bond motifs is 2. The van der Waals surface area contributed by atoms with Crippen molar-refractivity contribution in [3.8, 4) is 11.5 Å². The van der Waals surface area contributed by atoms with Crippen molar-refractivity contribution in [2.75, 3.05) is 32.8 Å². The third-order valence-electron chi connectivity index (χ3n) is 6.67. The van der Waals surface area contributed by atoms with Gasteiger partial charge < -0.3 is 19.5 Å². The number of alkyl halides is 3. The Morgan fingerprint density at radius 1 is 1.15 bits per heavy atom. The van der Waals surface area contributed by atoms with E-state index in [0.717, 1.165) is 43.3 Å². The first-order chi connectivity index (χ1) is 15.8. The third kappa shape index (κ3) is 5.96. The number of carbonyl (C=O) groups is 1. The van der Waals surface area contributed by atoms with Crippen LogP contribution in [0.15, 0.2) is 42.5 Å². The largest absolute Gasteiger partial charge is 0.493 e. The maximum Gasteiger partial charge on any atom is 0.416 e. The van der Waals surface area contributed by atoms with Gasteiger partial charge in [-0.1, -0.05) is 24.3 Å². The average molecular weight is 500 g/mol. The van der Waals surface area contributed by atoms with Gasteiger partial charge in [0.1, 0.15) is 11.5 Å². The van der Waals surface area contributed by atoms with Gasteiger partial charge >= 0.3 is 12.1 Å². The molecule has 5 nitrogen and oxygen atoms in total. The summed E-state index contributed by atoms with van der Waals surface area (Å²) in [6.07, 6.45) is -1.60. The molecule has 0 amide bonds. The molecule has 1 N–H and O–H groups in total. The number of rotatable bonds is 8. The molecule has 4 rings (SSSR count). The van der Waals surface area contributed by atoms with Crippen LogP contribution in [0.1, 0.15) is 42.4 Å². The molecule has 0 unspecified atom stereocenters. The molecule has 1 spiro atoms. The number of benzene rings is 2. The van der Waals surface area contributed by atoms with E-state index >= 15 is 0 Å². The van der Waals surface area contributed by atoms with E-state index in [4.69, 9.17) is 14.6 Å². The third-order valence-corrected chi connectivity index (χ3v) is 6.67. The number of likely N-dealkylation sites (tertiary alicyclic amines) is 1. The number of piperidine rings is 1. The Morgan fingerprint density at radius 2 is 1.88 bits per heavy atom. The normalized spacial score (nSPS) is 17.0. The summed E-state index contributed by atoms with van der Waals surface area (Å²) in [7, 11) is 0. The molecule has 1 saturated heterocycles. The lowest BCUT2D eigenvalue weighted by atomic mass is 9.74. The Balaban J connectivity index is 0.00000324. The quantitative estimate of drug-likeness (QED) is 0.497. The lowest BCUT2D eigenvalue weighted by molar-refractivity contribution is -0.138. The van der Waals surface area contributed by atoms with Crippen molar-refractivity contribution >= 4 is 18.4 Å². The summed E-state index contributed by atoms with van der Waals surface area (Å²) in [5.74, 6) is 0.671. The van der Waals surface area contributed by atoms with E-state index in [1.807, 2.05) is 18.2 Å². The Labute approximate surface area is 203 Å². The first-order valence-corrected chi connectivity index (χ1v) is 11.3. The minimum atomic E-state index is -4.35. The van der Waals surface area contributed by atoms with Gasteiger partial charge in [0.15, 0.2) is 0 Å². The van der Waals surface area contributed by atoms with E-state index in [9.17, 15) is 18.0 Å². The number of aliphatic carboxylic acids is 1. The molecule has 0 radical (unpaired) electrons. The van der Waals surface area contributed by atoms with Crippen LogP contribution < -0.4 is 9.47 Å². The van der Waals surface area contributed by atoms with Gasteiger partial charge in [-0.3, -0.25) is 4.79 Å². The van der Waals surface area contributed by atoms with Gasteiger partial charge in [-0.05, 0) is 56.5 Å². The minimum Gasteiger partial charge on any atom is -0.493 e. The molecular formula is C25H29ClF3NO4. The summed E-state index contributed by atoms with van der Waals surface area (Å²) in [6.45, 7) is 3.17. The standard InChI is InChI=1S/C25H28F3NO4.ClH/c26-25(27,28)20-6-2-1-4-18(20)5-3-15-32-19-7-8-21-22(16-19)33-17-24(21)10-13-29(14-11-24)12-9-23(30)31;/h1-2,4,6-8,16H,3,5,9-15,17H2,(H,30,31);1H. The highest BCUT2D eigenvalue weighted by molar-refractivity contribution is 5.85. The number of nitrogens with zero attached hydrogens (tertiary/aromatic N) is 1. The van der Waals surface area contributed by atoms with Crippen molar-refractivity contribution in [3.63, 3.8) is 0 Å². The zero-order chi connectivity index (χ0) is 23.5. The van der Waals surface area contributed by atoms with Crippen molar-refractivity contribution in [2.24, 2.45) is 0 Å². The van der Waals surface area contributed by atoms with Crippen molar-refractivity contribution in [1.29, 1.82) is 0 Å². The number of halogens is 4. The van der Waals surface area contributed by atoms with Gasteiger partial charge in [-0.15, -0.1) is 12.4 Å². The van der Waals surface area contributed by atoms with E-state index in [2.05, 4.69) is 4.90 Å². The molecule has 0 aromatic heterocycles. The maximum atomic E-state index is 13.1. The molecule has 9 heteroatoms. The molecule has 186 valence electrons. The van der Waals surface area contributed by atoms with Crippen LogP contribution in [0.2, 0.25) is 0 Å². The smallest absolute Gasteiger partial charge is 0.416 e. The lowest BCUT2D eigenvalue weighted by Crippen LogP contribution is -2.44. The van der Waals surface area contributed by atoms with Crippen LogP contribution >= 0.6 is 12.4 Å². The molecule has 0 aliphatic carbocycles. The molecule has 2 aliphatic rings. The Bertz CT molecular complexity index is 990. The molecule has 0 saturated carbocycles. The van der Waals surface area contributed by atoms with Crippen molar-refractivity contribution in [3.05, 3.63) is 59.2 Å². The topological polar surface area (TPSA) is 59.0 Å². The number of hydrogen-bond donors (Lipinski definition) is 1. The fourth-order valence-electron chi connectivity index (χ4n) is 4.78. The number of aryl methyl sites for hydroxylation is 1. The molecule has 0 atom stereocenters. The molecule has 1 fully saturated rings. The molecular weight excluding hydrogens is 471 g/mol. The second-order valence-electron chi connectivity index (χ2n) is 8.82. The Morgan fingerprint density at radius 3 is 2.59 bits per heavy atom. The van der Waals surface area contributed by atoms with Crippen LogP contribution in [0, 0.1) is 0 Å². The lowest BCUT2D eigenvalue weighted by Gasteiger charge is -2.38. The zero-order valence-electron chi connectivity index (χ0n) is 18.8. The Kier molecular flexibility index (Phi) is 8.36. The van der Waals surface area contributed by atoms with E-state index < -0.39 is 17.7 Å². The van der Waals surface area contributed by atoms with E-state index in [0.29, 0.717) is 38.3 Å². The highest BCUT2D eigenvalue weighted by Crippen LogP contribution is 2.46. The molecule has 2 heterocycles. The van der Waals surface area contributed by atoms with Crippen LogP contribution in [-0.2, 0) is 22.8 Å². The van der Waals surface area contributed by atoms with Crippen LogP contribution in [-0.4, -0.2) is 48.8 Å². The summed E-state index contributed by atoms with van der Waals surface area (Å²) >= 11 is 0. The van der Waals surface area contributed by atoms with Crippen molar-refractivity contribution in [1.82, 2.24) is 4.90 Å². The first kappa shape index (κ1) is 26.2. The number of ether oxygens (including phenoxy) is 2. The van der Waals surface area contributed by atoms with Crippen LogP contribution in [0.4, 0.5) is 13.2 Å². The van der Waals surface area contributed by atoms with E-state index in [1.165, 1.54) is 12.1 Å². The molecule has 0 bridgehead atoms. The Hall–Kier alpha value is -2.45. The van der Waals surface area contributed by atoms with Gasteiger partial charge in [0.25, 0.3) is 0 Å². The van der Waals surface area contributed by atoms with Gasteiger partial charge in [-0.25, -0.2) is 0 Å². The average Bonchev–Trinajstić information content (AvgIpc) is 3.13. The van der Waals surface area contributed by atoms with E-state index in [-0.39, 0.29) is 29.8 Å². The van der Waals surface area contributed by atoms with Gasteiger partial charge in [-0.2, -0.15) is 13.2 Å². The monoisotopic (exact) mass is 499 g/mol. The second-order valence-corrected chi connectivity index (χ2v) is 8.82. The van der Waals surface area contributed by atoms with Crippen LogP contribution in [0.3, 0.4) is 0 Å². The van der Waals surface area contributed by atoms with Crippen molar-refractivity contribution < 1.29 is 32.5 Å². The zero-order valence-corrected chi connectivity index (χ0v) is 19.6. The minimum absolute atomic E-state index is 0. The number of hydrogen-bond acceptors (Lipinski definition) is 4. The highest BCUT2D eigenvalue weighted by atomic mass is 35.5. The molecule has 34 heavy (non-hydrogen) atoms. The predicted molar refractivity (Wildman–Crippen MR) is 124 cm³/mol. The maximum absolute atomic E-state index is 13.1. The summed E-state index contributed by atoms with van der Waals surface area (Å²) in [5, 5.41) is 8.88. The molecule has 2 aromatic carbocycles. The predicted octanol–water partition coefficient (Wildman–Crippen LogP) is 5.34. The SMILES string of the molecule is Cl.O=C(O)CCN1CCC2(CC1)COc1cc(OCCCc3ccccc3C(F)(F)F)ccc12. The summed E-state index contributed by atoms with van der Waals surface area (Å²) in [5.41, 5.74) is 0.805. The molecule has 2 aliphatic heterocycles. The fraction of sp³-hybridized carbons (Fsp3) is 0.480. The van der Waals surface area contributed by atoms with Crippen LogP contribution in [0.25, 0.3) is 0 Å².